The average molecular weight is 299 g/mol. The summed E-state index contributed by atoms with van der Waals surface area (Å²) in [6.07, 6.45) is 0. The number of carbonyl (C=O) groups excluding carboxylic acids is 1. The summed E-state index contributed by atoms with van der Waals surface area (Å²) in [6, 6.07) is 27.0. The molecule has 0 spiro atoms. The van der Waals surface area contributed by atoms with Gasteiger partial charge >= 0.3 is 0 Å². The Hall–Kier alpha value is -3.00. The summed E-state index contributed by atoms with van der Waals surface area (Å²) in [4.78, 5) is 16.9. The van der Waals surface area contributed by atoms with Crippen molar-refractivity contribution in [3.05, 3.63) is 107 Å². The minimum Gasteiger partial charge on any atom is -0.267 e. The fourth-order valence-corrected chi connectivity index (χ4v) is 2.35. The van der Waals surface area contributed by atoms with Crippen molar-refractivity contribution in [1.29, 1.82) is 0 Å². The number of hydrogen-bond acceptors (Lipinski definition) is 1. The van der Waals surface area contributed by atoms with Gasteiger partial charge in [-0.1, -0.05) is 78.4 Å². The van der Waals surface area contributed by atoms with Gasteiger partial charge in [-0.25, -0.2) is 4.99 Å². The Morgan fingerprint density at radius 1 is 0.652 bits per heavy atom. The molecule has 0 radical (unpaired) electrons. The van der Waals surface area contributed by atoms with Gasteiger partial charge in [0, 0.05) is 16.7 Å². The van der Waals surface area contributed by atoms with Crippen LogP contribution in [0.2, 0.25) is 0 Å². The number of amides is 1. The van der Waals surface area contributed by atoms with E-state index in [1.165, 1.54) is 0 Å². The van der Waals surface area contributed by atoms with Crippen LogP contribution in [0, 0.1) is 6.92 Å². The number of hydrogen-bond donors (Lipinski definition) is 0. The first-order valence-electron chi connectivity index (χ1n) is 7.54. The largest absolute Gasteiger partial charge is 0.277 e. The second-order valence-electron chi connectivity index (χ2n) is 5.36. The van der Waals surface area contributed by atoms with E-state index < -0.39 is 0 Å². The Kier molecular flexibility index (Phi) is 4.44. The monoisotopic (exact) mass is 299 g/mol. The Morgan fingerprint density at radius 3 is 1.61 bits per heavy atom. The van der Waals surface area contributed by atoms with Gasteiger partial charge in [0.1, 0.15) is 0 Å². The number of aliphatic imine (C=N–C) groups is 1. The van der Waals surface area contributed by atoms with Crippen LogP contribution < -0.4 is 0 Å². The van der Waals surface area contributed by atoms with Crippen LogP contribution in [0.4, 0.5) is 0 Å². The Labute approximate surface area is 136 Å². The van der Waals surface area contributed by atoms with Crippen LogP contribution in [-0.4, -0.2) is 11.6 Å². The molecule has 3 aromatic rings. The third-order valence-electron chi connectivity index (χ3n) is 3.61. The van der Waals surface area contributed by atoms with Gasteiger partial charge < -0.3 is 0 Å². The second-order valence-corrected chi connectivity index (χ2v) is 5.36. The number of carbonyl (C=O) groups is 1. The molecule has 0 saturated heterocycles. The van der Waals surface area contributed by atoms with Crippen LogP contribution in [0.15, 0.2) is 89.9 Å². The van der Waals surface area contributed by atoms with Gasteiger partial charge in [-0.15, -0.1) is 0 Å². The SMILES string of the molecule is Cc1ccc(C(=O)N=C(c2ccccc2)c2ccccc2)cc1. The van der Waals surface area contributed by atoms with Crippen LogP contribution in [0.25, 0.3) is 0 Å². The molecule has 0 bridgehead atoms. The molecule has 0 aliphatic carbocycles. The molecule has 112 valence electrons. The van der Waals surface area contributed by atoms with Gasteiger partial charge in [-0.3, -0.25) is 4.79 Å². The lowest BCUT2D eigenvalue weighted by molar-refractivity contribution is 0.100. The summed E-state index contributed by atoms with van der Waals surface area (Å²) >= 11 is 0. The maximum atomic E-state index is 12.5. The van der Waals surface area contributed by atoms with E-state index in [0.29, 0.717) is 11.3 Å². The molecule has 0 aliphatic heterocycles. The average Bonchev–Trinajstić information content (AvgIpc) is 2.61. The van der Waals surface area contributed by atoms with Gasteiger partial charge in [-0.05, 0) is 19.1 Å². The highest BCUT2D eigenvalue weighted by Gasteiger charge is 2.10. The Balaban J connectivity index is 2.05. The lowest BCUT2D eigenvalue weighted by atomic mass is 10.0. The van der Waals surface area contributed by atoms with E-state index in [4.69, 9.17) is 0 Å². The number of benzene rings is 3. The van der Waals surface area contributed by atoms with E-state index in [1.54, 1.807) is 0 Å². The molecule has 0 unspecified atom stereocenters. The molecule has 3 aromatic carbocycles. The van der Waals surface area contributed by atoms with Gasteiger partial charge in [-0.2, -0.15) is 0 Å². The van der Waals surface area contributed by atoms with Crippen molar-refractivity contribution < 1.29 is 4.79 Å². The predicted molar refractivity (Wildman–Crippen MR) is 94.0 cm³/mol. The first kappa shape index (κ1) is 14.9. The molecule has 1 amide bonds. The Morgan fingerprint density at radius 2 is 1.13 bits per heavy atom. The van der Waals surface area contributed by atoms with E-state index in [2.05, 4.69) is 4.99 Å². The maximum Gasteiger partial charge on any atom is 0.277 e. The molecule has 0 fully saturated rings. The van der Waals surface area contributed by atoms with Crippen molar-refractivity contribution >= 4 is 11.6 Å². The first-order chi connectivity index (χ1) is 11.2. The van der Waals surface area contributed by atoms with Crippen molar-refractivity contribution in [3.8, 4) is 0 Å². The van der Waals surface area contributed by atoms with Crippen molar-refractivity contribution in [2.75, 3.05) is 0 Å². The normalized spacial score (nSPS) is 10.1. The van der Waals surface area contributed by atoms with Crippen molar-refractivity contribution in [2.45, 2.75) is 6.92 Å². The number of rotatable bonds is 3. The predicted octanol–water partition coefficient (Wildman–Crippen LogP) is 4.67. The third-order valence-corrected chi connectivity index (χ3v) is 3.61. The van der Waals surface area contributed by atoms with Crippen molar-refractivity contribution in [1.82, 2.24) is 0 Å². The number of nitrogens with zero attached hydrogens (tertiary/aromatic N) is 1. The molecule has 0 atom stereocenters. The number of aryl methyl sites for hydroxylation is 1. The molecule has 3 rings (SSSR count). The molecule has 2 nitrogen and oxygen atoms in total. The topological polar surface area (TPSA) is 29.4 Å². The fourth-order valence-electron chi connectivity index (χ4n) is 2.35. The van der Waals surface area contributed by atoms with Gasteiger partial charge in [0.05, 0.1) is 5.71 Å². The van der Waals surface area contributed by atoms with Gasteiger partial charge in [0.2, 0.25) is 0 Å². The Bertz CT molecular complexity index is 777. The summed E-state index contributed by atoms with van der Waals surface area (Å²) in [7, 11) is 0. The second kappa shape index (κ2) is 6.84. The van der Waals surface area contributed by atoms with Gasteiger partial charge in [0.25, 0.3) is 5.91 Å². The zero-order valence-corrected chi connectivity index (χ0v) is 12.9. The van der Waals surface area contributed by atoms with Crippen LogP contribution in [0.5, 0.6) is 0 Å². The maximum absolute atomic E-state index is 12.5. The highest BCUT2D eigenvalue weighted by atomic mass is 16.1. The lowest BCUT2D eigenvalue weighted by Gasteiger charge is -2.07. The molecule has 23 heavy (non-hydrogen) atoms. The minimum atomic E-state index is -0.229. The van der Waals surface area contributed by atoms with Crippen LogP contribution in [0.3, 0.4) is 0 Å². The molecular weight excluding hydrogens is 282 g/mol. The molecule has 0 aromatic heterocycles. The summed E-state index contributed by atoms with van der Waals surface area (Å²) in [6.45, 7) is 2.00. The minimum absolute atomic E-state index is 0.229. The smallest absolute Gasteiger partial charge is 0.267 e. The standard InChI is InChI=1S/C21H17NO/c1-16-12-14-19(15-13-16)21(23)22-20(17-8-4-2-5-9-17)18-10-6-3-7-11-18/h2-15H,1H3. The molecular formula is C21H17NO. The zero-order valence-electron chi connectivity index (χ0n) is 12.9. The van der Waals surface area contributed by atoms with Crippen LogP contribution >= 0.6 is 0 Å². The van der Waals surface area contributed by atoms with Crippen LogP contribution in [0.1, 0.15) is 27.0 Å². The zero-order chi connectivity index (χ0) is 16.1. The summed E-state index contributed by atoms with van der Waals surface area (Å²) < 4.78 is 0. The summed E-state index contributed by atoms with van der Waals surface area (Å²) in [5.41, 5.74) is 4.27. The van der Waals surface area contributed by atoms with E-state index in [9.17, 15) is 4.79 Å². The molecule has 0 heterocycles. The van der Waals surface area contributed by atoms with E-state index in [-0.39, 0.29) is 5.91 Å². The third kappa shape index (κ3) is 3.61. The quantitative estimate of drug-likeness (QED) is 0.646. The lowest BCUT2D eigenvalue weighted by Crippen LogP contribution is -2.07. The van der Waals surface area contributed by atoms with E-state index in [1.807, 2.05) is 91.9 Å². The summed E-state index contributed by atoms with van der Waals surface area (Å²) in [5.74, 6) is -0.229. The first-order valence-corrected chi connectivity index (χ1v) is 7.54. The molecule has 0 aliphatic rings. The van der Waals surface area contributed by atoms with E-state index in [0.717, 1.165) is 16.7 Å². The highest BCUT2D eigenvalue weighted by molar-refractivity contribution is 6.18. The van der Waals surface area contributed by atoms with E-state index >= 15 is 0 Å². The van der Waals surface area contributed by atoms with Crippen molar-refractivity contribution in [3.63, 3.8) is 0 Å². The molecule has 0 N–H and O–H groups in total. The molecule has 2 heteroatoms. The van der Waals surface area contributed by atoms with Gasteiger partial charge in [0.15, 0.2) is 0 Å². The summed E-state index contributed by atoms with van der Waals surface area (Å²) in [5, 5.41) is 0. The highest BCUT2D eigenvalue weighted by Crippen LogP contribution is 2.13. The van der Waals surface area contributed by atoms with Crippen LogP contribution in [-0.2, 0) is 0 Å². The fraction of sp³-hybridized carbons (Fsp3) is 0.0476. The molecule has 0 saturated carbocycles. The van der Waals surface area contributed by atoms with Crippen molar-refractivity contribution in [2.24, 2.45) is 4.99 Å².